The third-order valence-corrected chi connectivity index (χ3v) is 3.42. The zero-order valence-corrected chi connectivity index (χ0v) is 12.1. The van der Waals surface area contributed by atoms with E-state index in [1.165, 1.54) is 0 Å². The number of ether oxygens (including phenoxy) is 3. The van der Waals surface area contributed by atoms with E-state index in [1.807, 2.05) is 24.3 Å². The fraction of sp³-hybridized carbons (Fsp3) is 0.133. The topological polar surface area (TPSA) is 44.8 Å². The summed E-state index contributed by atoms with van der Waals surface area (Å²) in [6.45, 7) is 0.612. The summed E-state index contributed by atoms with van der Waals surface area (Å²) in [7, 11) is 0. The number of halogens is 1. The minimum Gasteiger partial charge on any atom is -0.488 e. The zero-order valence-electron chi connectivity index (χ0n) is 10.5. The smallest absolute Gasteiger partial charge is 0.231 e. The predicted octanol–water partition coefficient (Wildman–Crippen LogP) is 3.57. The van der Waals surface area contributed by atoms with E-state index in [4.69, 9.17) is 14.2 Å². The lowest BCUT2D eigenvalue weighted by Gasteiger charge is -2.09. The standard InChI is InChI=1S/C15H11BrO4/c16-12-2-4-13(11(6-12)7-17)18-8-10-1-3-14-15(5-10)20-9-19-14/h1-7H,8-9H2. The van der Waals surface area contributed by atoms with E-state index < -0.39 is 0 Å². The van der Waals surface area contributed by atoms with Crippen molar-refractivity contribution in [3.63, 3.8) is 0 Å². The maximum absolute atomic E-state index is 11.0. The maximum Gasteiger partial charge on any atom is 0.231 e. The van der Waals surface area contributed by atoms with Crippen LogP contribution in [0.4, 0.5) is 0 Å². The van der Waals surface area contributed by atoms with Crippen LogP contribution in [0, 0.1) is 0 Å². The SMILES string of the molecule is O=Cc1cc(Br)ccc1OCc1ccc2c(c1)OCO2. The molecule has 1 aliphatic heterocycles. The average Bonchev–Trinajstić information content (AvgIpc) is 2.93. The van der Waals surface area contributed by atoms with Gasteiger partial charge in [0.15, 0.2) is 17.8 Å². The molecule has 0 bridgehead atoms. The molecule has 0 saturated carbocycles. The van der Waals surface area contributed by atoms with Gasteiger partial charge in [0.2, 0.25) is 6.79 Å². The van der Waals surface area contributed by atoms with Gasteiger partial charge in [-0.2, -0.15) is 0 Å². The minimum atomic E-state index is 0.252. The molecule has 0 N–H and O–H groups in total. The summed E-state index contributed by atoms with van der Waals surface area (Å²) in [5, 5.41) is 0. The predicted molar refractivity (Wildman–Crippen MR) is 76.4 cm³/mol. The highest BCUT2D eigenvalue weighted by molar-refractivity contribution is 9.10. The summed E-state index contributed by atoms with van der Waals surface area (Å²) in [4.78, 5) is 11.0. The summed E-state index contributed by atoms with van der Waals surface area (Å²) in [6, 6.07) is 11.0. The van der Waals surface area contributed by atoms with Crippen LogP contribution >= 0.6 is 15.9 Å². The van der Waals surface area contributed by atoms with Crippen molar-refractivity contribution in [1.29, 1.82) is 0 Å². The summed E-state index contributed by atoms with van der Waals surface area (Å²) in [5.41, 5.74) is 1.47. The quantitative estimate of drug-likeness (QED) is 0.802. The number of hydrogen-bond acceptors (Lipinski definition) is 4. The number of fused-ring (bicyclic) bond motifs is 1. The average molecular weight is 335 g/mol. The molecule has 0 aromatic heterocycles. The van der Waals surface area contributed by atoms with Gasteiger partial charge in [-0.05, 0) is 35.9 Å². The van der Waals surface area contributed by atoms with E-state index in [9.17, 15) is 4.79 Å². The largest absolute Gasteiger partial charge is 0.488 e. The summed E-state index contributed by atoms with van der Waals surface area (Å²) in [5.74, 6) is 2.02. The van der Waals surface area contributed by atoms with E-state index in [2.05, 4.69) is 15.9 Å². The molecule has 0 fully saturated rings. The van der Waals surface area contributed by atoms with Crippen LogP contribution in [0.3, 0.4) is 0 Å². The molecule has 0 atom stereocenters. The molecule has 1 aliphatic rings. The Labute approximate surface area is 124 Å². The second-order valence-electron chi connectivity index (χ2n) is 4.28. The third-order valence-electron chi connectivity index (χ3n) is 2.93. The van der Waals surface area contributed by atoms with Crippen LogP contribution in [0.1, 0.15) is 15.9 Å². The highest BCUT2D eigenvalue weighted by Gasteiger charge is 2.13. The molecule has 0 aliphatic carbocycles. The van der Waals surface area contributed by atoms with Crippen molar-refractivity contribution in [2.75, 3.05) is 6.79 Å². The Morgan fingerprint density at radius 2 is 2.00 bits per heavy atom. The van der Waals surface area contributed by atoms with Gasteiger partial charge in [-0.1, -0.05) is 22.0 Å². The van der Waals surface area contributed by atoms with Gasteiger partial charge in [0.25, 0.3) is 0 Å². The lowest BCUT2D eigenvalue weighted by molar-refractivity contribution is 0.111. The Hall–Kier alpha value is -2.01. The fourth-order valence-electron chi connectivity index (χ4n) is 1.93. The summed E-state index contributed by atoms with van der Waals surface area (Å²) >= 11 is 3.32. The van der Waals surface area contributed by atoms with Crippen LogP contribution in [0.2, 0.25) is 0 Å². The Kier molecular flexibility index (Phi) is 3.60. The highest BCUT2D eigenvalue weighted by atomic mass is 79.9. The second kappa shape index (κ2) is 5.54. The van der Waals surface area contributed by atoms with Gasteiger partial charge in [-0.15, -0.1) is 0 Å². The molecule has 2 aromatic carbocycles. The molecule has 0 amide bonds. The van der Waals surface area contributed by atoms with Gasteiger partial charge < -0.3 is 14.2 Å². The number of carbonyl (C=O) groups is 1. The fourth-order valence-corrected chi connectivity index (χ4v) is 2.31. The van der Waals surface area contributed by atoms with Crippen LogP contribution in [0.15, 0.2) is 40.9 Å². The first-order chi connectivity index (χ1) is 9.76. The third kappa shape index (κ3) is 2.63. The van der Waals surface area contributed by atoms with Crippen LogP contribution < -0.4 is 14.2 Å². The molecule has 1 heterocycles. The maximum atomic E-state index is 11.0. The van der Waals surface area contributed by atoms with Crippen molar-refractivity contribution in [3.05, 3.63) is 52.0 Å². The first kappa shape index (κ1) is 13.0. The van der Waals surface area contributed by atoms with E-state index in [-0.39, 0.29) is 6.79 Å². The Bertz CT molecular complexity index is 654. The molecule has 0 spiro atoms. The number of rotatable bonds is 4. The van der Waals surface area contributed by atoms with Crippen molar-refractivity contribution >= 4 is 22.2 Å². The van der Waals surface area contributed by atoms with Gasteiger partial charge in [0.1, 0.15) is 12.4 Å². The van der Waals surface area contributed by atoms with Crippen LogP contribution in [-0.2, 0) is 6.61 Å². The van der Waals surface area contributed by atoms with E-state index in [1.54, 1.807) is 12.1 Å². The molecule has 3 rings (SSSR count). The molecule has 4 nitrogen and oxygen atoms in total. The van der Waals surface area contributed by atoms with Gasteiger partial charge in [0.05, 0.1) is 5.56 Å². The van der Waals surface area contributed by atoms with Gasteiger partial charge in [0, 0.05) is 4.47 Å². The molecule has 20 heavy (non-hydrogen) atoms. The van der Waals surface area contributed by atoms with Crippen molar-refractivity contribution in [1.82, 2.24) is 0 Å². The van der Waals surface area contributed by atoms with E-state index in [0.717, 1.165) is 27.8 Å². The lowest BCUT2D eigenvalue weighted by atomic mass is 10.2. The van der Waals surface area contributed by atoms with Crippen molar-refractivity contribution in [2.45, 2.75) is 6.61 Å². The normalized spacial score (nSPS) is 12.2. The number of hydrogen-bond donors (Lipinski definition) is 0. The van der Waals surface area contributed by atoms with Gasteiger partial charge >= 0.3 is 0 Å². The molecule has 0 radical (unpaired) electrons. The molecule has 2 aromatic rings. The highest BCUT2D eigenvalue weighted by Crippen LogP contribution is 2.33. The molecule has 0 unspecified atom stereocenters. The Morgan fingerprint density at radius 3 is 2.85 bits per heavy atom. The van der Waals surface area contributed by atoms with Crippen molar-refractivity contribution in [2.24, 2.45) is 0 Å². The minimum absolute atomic E-state index is 0.252. The lowest BCUT2D eigenvalue weighted by Crippen LogP contribution is -1.98. The second-order valence-corrected chi connectivity index (χ2v) is 5.19. The van der Waals surface area contributed by atoms with E-state index in [0.29, 0.717) is 17.9 Å². The summed E-state index contributed by atoms with van der Waals surface area (Å²) < 4.78 is 17.1. The Morgan fingerprint density at radius 1 is 1.15 bits per heavy atom. The monoisotopic (exact) mass is 334 g/mol. The molecule has 5 heteroatoms. The Balaban J connectivity index is 1.75. The van der Waals surface area contributed by atoms with Crippen molar-refractivity contribution < 1.29 is 19.0 Å². The van der Waals surface area contributed by atoms with Crippen LogP contribution in [0.25, 0.3) is 0 Å². The number of benzene rings is 2. The summed E-state index contributed by atoms with van der Waals surface area (Å²) in [6.07, 6.45) is 0.778. The van der Waals surface area contributed by atoms with Gasteiger partial charge in [-0.3, -0.25) is 4.79 Å². The van der Waals surface area contributed by atoms with Crippen molar-refractivity contribution in [3.8, 4) is 17.2 Å². The molecule has 0 saturated heterocycles. The molecule has 102 valence electrons. The molecular formula is C15H11BrO4. The van der Waals surface area contributed by atoms with Gasteiger partial charge in [-0.25, -0.2) is 0 Å². The first-order valence-electron chi connectivity index (χ1n) is 6.02. The van der Waals surface area contributed by atoms with E-state index >= 15 is 0 Å². The zero-order chi connectivity index (χ0) is 13.9. The number of aldehydes is 1. The van der Waals surface area contributed by atoms with Crippen LogP contribution in [0.5, 0.6) is 17.2 Å². The van der Waals surface area contributed by atoms with Crippen LogP contribution in [-0.4, -0.2) is 13.1 Å². The number of carbonyl (C=O) groups excluding carboxylic acids is 1. The molecular weight excluding hydrogens is 324 g/mol. The first-order valence-corrected chi connectivity index (χ1v) is 6.81.